The lowest BCUT2D eigenvalue weighted by molar-refractivity contribution is 0.188. The fraction of sp³-hybridized carbons (Fsp3) is 0.611. The van der Waals surface area contributed by atoms with Crippen molar-refractivity contribution in [2.24, 2.45) is 16.8 Å². The zero-order valence-corrected chi connectivity index (χ0v) is 15.4. The van der Waals surface area contributed by atoms with E-state index in [-0.39, 0.29) is 0 Å². The highest BCUT2D eigenvalue weighted by Crippen LogP contribution is 2.27. The molecule has 1 fully saturated rings. The van der Waals surface area contributed by atoms with E-state index in [0.717, 1.165) is 38.6 Å². The van der Waals surface area contributed by atoms with E-state index < -0.39 is 0 Å². The number of aliphatic imine (C=N–C) groups is 1. The van der Waals surface area contributed by atoms with E-state index in [1.807, 2.05) is 42.7 Å². The van der Waals surface area contributed by atoms with E-state index in [2.05, 4.69) is 49.9 Å². The van der Waals surface area contributed by atoms with Crippen molar-refractivity contribution < 1.29 is 0 Å². The molecule has 0 aromatic carbocycles. The lowest BCUT2D eigenvalue weighted by atomic mass is 9.93. The van der Waals surface area contributed by atoms with E-state index in [9.17, 15) is 0 Å². The van der Waals surface area contributed by atoms with Crippen LogP contribution in [-0.4, -0.2) is 56.9 Å². The standard InChI is InChI=1S/C18H29N7/c1-15(12-25-8-4-6-22-25)11-21-18(19-3)23-9-5-16(2)17(13-23)24-10-7-20-14-24/h4,6-8,10,14-17H,5,9,11-13H2,1-3H3,(H,19,21). The van der Waals surface area contributed by atoms with Crippen molar-refractivity contribution >= 4 is 5.96 Å². The van der Waals surface area contributed by atoms with Crippen molar-refractivity contribution in [3.8, 4) is 0 Å². The largest absolute Gasteiger partial charge is 0.356 e. The number of aromatic nitrogens is 4. The third kappa shape index (κ3) is 4.41. The van der Waals surface area contributed by atoms with Gasteiger partial charge in [-0.2, -0.15) is 5.10 Å². The Labute approximate surface area is 149 Å². The number of nitrogens with zero attached hydrogens (tertiary/aromatic N) is 6. The minimum atomic E-state index is 0.441. The molecular weight excluding hydrogens is 314 g/mol. The molecule has 3 rings (SSSR count). The monoisotopic (exact) mass is 343 g/mol. The van der Waals surface area contributed by atoms with Crippen LogP contribution in [0.25, 0.3) is 0 Å². The van der Waals surface area contributed by atoms with Gasteiger partial charge in [0.25, 0.3) is 0 Å². The van der Waals surface area contributed by atoms with E-state index in [1.165, 1.54) is 0 Å². The van der Waals surface area contributed by atoms with Gasteiger partial charge < -0.3 is 14.8 Å². The van der Waals surface area contributed by atoms with Crippen LogP contribution in [-0.2, 0) is 6.54 Å². The first kappa shape index (κ1) is 17.5. The molecule has 3 heterocycles. The molecule has 136 valence electrons. The molecule has 2 aromatic heterocycles. The van der Waals surface area contributed by atoms with E-state index >= 15 is 0 Å². The summed E-state index contributed by atoms with van der Waals surface area (Å²) in [5.74, 6) is 2.11. The fourth-order valence-electron chi connectivity index (χ4n) is 3.49. The van der Waals surface area contributed by atoms with Crippen LogP contribution in [0.2, 0.25) is 0 Å². The Bertz CT molecular complexity index is 647. The molecule has 1 N–H and O–H groups in total. The van der Waals surface area contributed by atoms with Gasteiger partial charge in [0.05, 0.1) is 12.4 Å². The van der Waals surface area contributed by atoms with Crippen molar-refractivity contribution in [2.45, 2.75) is 32.9 Å². The number of piperidine rings is 1. The number of rotatable bonds is 5. The zero-order valence-electron chi connectivity index (χ0n) is 15.4. The van der Waals surface area contributed by atoms with Crippen LogP contribution in [0.15, 0.2) is 42.2 Å². The molecule has 25 heavy (non-hydrogen) atoms. The second-order valence-electron chi connectivity index (χ2n) is 7.05. The van der Waals surface area contributed by atoms with Crippen LogP contribution in [0.4, 0.5) is 0 Å². The number of hydrogen-bond acceptors (Lipinski definition) is 3. The SMILES string of the molecule is CN=C(NCC(C)Cn1cccn1)N1CCC(C)C(n2ccnc2)C1. The van der Waals surface area contributed by atoms with Gasteiger partial charge in [-0.3, -0.25) is 9.67 Å². The molecule has 7 heteroatoms. The average molecular weight is 343 g/mol. The summed E-state index contributed by atoms with van der Waals surface area (Å²) in [5, 5.41) is 7.82. The topological polar surface area (TPSA) is 63.3 Å². The molecule has 3 atom stereocenters. The highest BCUT2D eigenvalue weighted by atomic mass is 15.3. The summed E-state index contributed by atoms with van der Waals surface area (Å²) in [6.45, 7) is 8.35. The first-order valence-electron chi connectivity index (χ1n) is 9.08. The summed E-state index contributed by atoms with van der Waals surface area (Å²) in [7, 11) is 1.87. The van der Waals surface area contributed by atoms with Gasteiger partial charge in [-0.05, 0) is 24.3 Å². The summed E-state index contributed by atoms with van der Waals surface area (Å²) < 4.78 is 4.21. The first-order chi connectivity index (χ1) is 12.2. The summed E-state index contributed by atoms with van der Waals surface area (Å²) in [5.41, 5.74) is 0. The molecule has 7 nitrogen and oxygen atoms in total. The third-order valence-electron chi connectivity index (χ3n) is 5.00. The third-order valence-corrected chi connectivity index (χ3v) is 5.00. The number of guanidine groups is 1. The van der Waals surface area contributed by atoms with Gasteiger partial charge in [0.2, 0.25) is 0 Å². The van der Waals surface area contributed by atoms with E-state index in [1.54, 1.807) is 0 Å². The molecule has 3 unspecified atom stereocenters. The highest BCUT2D eigenvalue weighted by Gasteiger charge is 2.28. The molecule has 0 saturated carbocycles. The molecule has 1 aliphatic heterocycles. The smallest absolute Gasteiger partial charge is 0.193 e. The molecule has 1 aliphatic rings. The lowest BCUT2D eigenvalue weighted by Gasteiger charge is -2.39. The van der Waals surface area contributed by atoms with Crippen LogP contribution in [0.3, 0.4) is 0 Å². The first-order valence-corrected chi connectivity index (χ1v) is 9.08. The van der Waals surface area contributed by atoms with Crippen LogP contribution in [0.5, 0.6) is 0 Å². The Balaban J connectivity index is 1.55. The van der Waals surface area contributed by atoms with Crippen molar-refractivity contribution in [1.29, 1.82) is 0 Å². The van der Waals surface area contributed by atoms with Gasteiger partial charge in [-0.1, -0.05) is 13.8 Å². The summed E-state index contributed by atoms with van der Waals surface area (Å²) in [6.07, 6.45) is 10.8. The summed E-state index contributed by atoms with van der Waals surface area (Å²) >= 11 is 0. The Morgan fingerprint density at radius 2 is 2.24 bits per heavy atom. The van der Waals surface area contributed by atoms with Gasteiger partial charge in [-0.15, -0.1) is 0 Å². The summed E-state index contributed by atoms with van der Waals surface area (Å²) in [6, 6.07) is 2.40. The molecule has 0 spiro atoms. The minimum absolute atomic E-state index is 0.441. The van der Waals surface area contributed by atoms with E-state index in [0.29, 0.717) is 17.9 Å². The van der Waals surface area contributed by atoms with Gasteiger partial charge in [0.15, 0.2) is 5.96 Å². The van der Waals surface area contributed by atoms with Crippen LogP contribution >= 0.6 is 0 Å². The maximum absolute atomic E-state index is 4.51. The maximum Gasteiger partial charge on any atom is 0.193 e. The quantitative estimate of drug-likeness (QED) is 0.665. The Hall–Kier alpha value is -2.31. The minimum Gasteiger partial charge on any atom is -0.356 e. The molecular formula is C18H29N7. The second-order valence-corrected chi connectivity index (χ2v) is 7.05. The van der Waals surface area contributed by atoms with Crippen LogP contribution in [0, 0.1) is 11.8 Å². The summed E-state index contributed by atoms with van der Waals surface area (Å²) in [4.78, 5) is 11.1. The van der Waals surface area contributed by atoms with Gasteiger partial charge in [0, 0.05) is 58.0 Å². The van der Waals surface area contributed by atoms with Crippen molar-refractivity contribution in [3.63, 3.8) is 0 Å². The predicted molar refractivity (Wildman–Crippen MR) is 99.4 cm³/mol. The van der Waals surface area contributed by atoms with Crippen LogP contribution in [0.1, 0.15) is 26.3 Å². The highest BCUT2D eigenvalue weighted by molar-refractivity contribution is 5.80. The lowest BCUT2D eigenvalue weighted by Crippen LogP contribution is -2.49. The number of imidazole rings is 1. The average Bonchev–Trinajstić information content (AvgIpc) is 3.30. The van der Waals surface area contributed by atoms with Crippen molar-refractivity contribution in [1.82, 2.24) is 29.5 Å². The predicted octanol–water partition coefficient (Wildman–Crippen LogP) is 1.87. The van der Waals surface area contributed by atoms with Crippen molar-refractivity contribution in [3.05, 3.63) is 37.2 Å². The Kier molecular flexibility index (Phi) is 5.73. The molecule has 0 amide bonds. The van der Waals surface area contributed by atoms with Crippen molar-refractivity contribution in [2.75, 3.05) is 26.7 Å². The van der Waals surface area contributed by atoms with Gasteiger partial charge >= 0.3 is 0 Å². The maximum atomic E-state index is 4.51. The number of nitrogens with one attached hydrogen (secondary N) is 1. The fourth-order valence-corrected chi connectivity index (χ4v) is 3.49. The Morgan fingerprint density at radius 1 is 1.36 bits per heavy atom. The van der Waals surface area contributed by atoms with Gasteiger partial charge in [0.1, 0.15) is 0 Å². The second kappa shape index (κ2) is 8.18. The Morgan fingerprint density at radius 3 is 2.92 bits per heavy atom. The number of hydrogen-bond donors (Lipinski definition) is 1. The van der Waals surface area contributed by atoms with E-state index in [4.69, 9.17) is 0 Å². The molecule has 2 aromatic rings. The molecule has 0 radical (unpaired) electrons. The molecule has 0 aliphatic carbocycles. The van der Waals surface area contributed by atoms with Gasteiger partial charge in [-0.25, -0.2) is 4.98 Å². The molecule has 1 saturated heterocycles. The van der Waals surface area contributed by atoms with Crippen LogP contribution < -0.4 is 5.32 Å². The number of likely N-dealkylation sites (tertiary alicyclic amines) is 1. The molecule has 0 bridgehead atoms. The normalized spacial score (nSPS) is 22.8. The zero-order chi connectivity index (χ0) is 17.6.